The number of rotatable bonds is 6. The number of anilines is 1. The van der Waals surface area contributed by atoms with Crippen molar-refractivity contribution in [2.75, 3.05) is 31.5 Å². The van der Waals surface area contributed by atoms with Crippen molar-refractivity contribution >= 4 is 11.6 Å². The van der Waals surface area contributed by atoms with Gasteiger partial charge in [-0.3, -0.25) is 14.6 Å². The summed E-state index contributed by atoms with van der Waals surface area (Å²) in [5, 5.41) is 2.59. The zero-order valence-electron chi connectivity index (χ0n) is 18.5. The first-order valence-electron chi connectivity index (χ1n) is 10.8. The van der Waals surface area contributed by atoms with E-state index in [-0.39, 0.29) is 17.8 Å². The molecule has 34 heavy (non-hydrogen) atoms. The lowest BCUT2D eigenvalue weighted by molar-refractivity contribution is -0.138. The SMILES string of the molecule is Cc1ccc(NC(=O)c2coc(CN3CCN(Cc4ccccc4C(F)(F)F)CC3)n2)cc1F. The first-order chi connectivity index (χ1) is 16.2. The van der Waals surface area contributed by atoms with Crippen LogP contribution in [0.1, 0.15) is 33.1 Å². The molecule has 0 atom stereocenters. The van der Waals surface area contributed by atoms with Crippen LogP contribution in [0.15, 0.2) is 53.1 Å². The third kappa shape index (κ3) is 5.81. The molecule has 0 bridgehead atoms. The van der Waals surface area contributed by atoms with E-state index in [0.29, 0.717) is 49.9 Å². The second-order valence-corrected chi connectivity index (χ2v) is 8.25. The molecule has 180 valence electrons. The Balaban J connectivity index is 1.29. The molecule has 1 N–H and O–H groups in total. The standard InChI is InChI=1S/C24H24F4N4O2/c1-16-6-7-18(12-20(16)25)29-23(33)21-15-34-22(30-21)14-32-10-8-31(9-11-32)13-17-4-2-3-5-19(17)24(26,27)28/h2-7,12,15H,8-11,13-14H2,1H3,(H,29,33). The maximum atomic E-state index is 13.7. The van der Waals surface area contributed by atoms with Gasteiger partial charge in [-0.1, -0.05) is 24.3 Å². The third-order valence-electron chi connectivity index (χ3n) is 5.75. The Hall–Kier alpha value is -3.24. The average molecular weight is 476 g/mol. The molecule has 1 aromatic heterocycles. The molecule has 1 aliphatic heterocycles. The Morgan fingerprint density at radius 1 is 1.06 bits per heavy atom. The molecule has 1 amide bonds. The predicted molar refractivity (Wildman–Crippen MR) is 118 cm³/mol. The van der Waals surface area contributed by atoms with E-state index in [1.165, 1.54) is 24.5 Å². The summed E-state index contributed by atoms with van der Waals surface area (Å²) in [6.07, 6.45) is -3.12. The predicted octanol–water partition coefficient (Wildman–Crippen LogP) is 4.71. The lowest BCUT2D eigenvalue weighted by Crippen LogP contribution is -2.45. The van der Waals surface area contributed by atoms with Gasteiger partial charge in [0, 0.05) is 38.4 Å². The van der Waals surface area contributed by atoms with Crippen LogP contribution in [0.2, 0.25) is 0 Å². The van der Waals surface area contributed by atoms with Crippen molar-refractivity contribution in [3.05, 3.63) is 82.8 Å². The Morgan fingerprint density at radius 3 is 2.41 bits per heavy atom. The summed E-state index contributed by atoms with van der Waals surface area (Å²) in [5.41, 5.74) is 0.544. The van der Waals surface area contributed by atoms with E-state index in [1.807, 2.05) is 4.90 Å². The number of nitrogens with zero attached hydrogens (tertiary/aromatic N) is 3. The van der Waals surface area contributed by atoms with Gasteiger partial charge in [-0.05, 0) is 36.2 Å². The summed E-state index contributed by atoms with van der Waals surface area (Å²) in [6, 6.07) is 10.0. The monoisotopic (exact) mass is 476 g/mol. The second kappa shape index (κ2) is 9.94. The summed E-state index contributed by atoms with van der Waals surface area (Å²) in [5.74, 6) is -0.567. The number of carbonyl (C=O) groups excluding carboxylic acids is 1. The van der Waals surface area contributed by atoms with Crippen molar-refractivity contribution in [3.8, 4) is 0 Å². The highest BCUT2D eigenvalue weighted by molar-refractivity contribution is 6.02. The van der Waals surface area contributed by atoms with Gasteiger partial charge < -0.3 is 9.73 Å². The third-order valence-corrected chi connectivity index (χ3v) is 5.75. The van der Waals surface area contributed by atoms with Gasteiger partial charge in [0.15, 0.2) is 5.69 Å². The fraction of sp³-hybridized carbons (Fsp3) is 0.333. The van der Waals surface area contributed by atoms with Gasteiger partial charge in [0.05, 0.1) is 12.1 Å². The fourth-order valence-electron chi connectivity index (χ4n) is 3.83. The number of hydrogen-bond acceptors (Lipinski definition) is 5. The molecule has 1 saturated heterocycles. The number of hydrogen-bond donors (Lipinski definition) is 1. The zero-order chi connectivity index (χ0) is 24.3. The van der Waals surface area contributed by atoms with Crippen LogP contribution in [0, 0.1) is 12.7 Å². The molecule has 2 heterocycles. The molecule has 0 radical (unpaired) electrons. The maximum Gasteiger partial charge on any atom is 0.416 e. The van der Waals surface area contributed by atoms with Crippen molar-refractivity contribution in [2.45, 2.75) is 26.2 Å². The largest absolute Gasteiger partial charge is 0.447 e. The number of nitrogens with one attached hydrogen (secondary N) is 1. The molecule has 0 aliphatic carbocycles. The summed E-state index contributed by atoms with van der Waals surface area (Å²) in [4.78, 5) is 20.6. The van der Waals surface area contributed by atoms with Gasteiger partial charge in [0.2, 0.25) is 5.89 Å². The number of oxazole rings is 1. The van der Waals surface area contributed by atoms with Crippen molar-refractivity contribution in [2.24, 2.45) is 0 Å². The molecule has 4 rings (SSSR count). The van der Waals surface area contributed by atoms with Gasteiger partial charge in [-0.2, -0.15) is 13.2 Å². The molecular formula is C24H24F4N4O2. The second-order valence-electron chi connectivity index (χ2n) is 8.25. The van der Waals surface area contributed by atoms with Crippen LogP contribution < -0.4 is 5.32 Å². The molecule has 0 saturated carbocycles. The number of alkyl halides is 3. The van der Waals surface area contributed by atoms with Gasteiger partial charge in [0.25, 0.3) is 5.91 Å². The minimum Gasteiger partial charge on any atom is -0.447 e. The number of benzene rings is 2. The molecule has 10 heteroatoms. The van der Waals surface area contributed by atoms with Crippen LogP contribution >= 0.6 is 0 Å². The summed E-state index contributed by atoms with van der Waals surface area (Å²) >= 11 is 0. The summed E-state index contributed by atoms with van der Waals surface area (Å²) < 4.78 is 58.8. The number of piperazine rings is 1. The van der Waals surface area contributed by atoms with Gasteiger partial charge in [-0.25, -0.2) is 9.37 Å². The van der Waals surface area contributed by atoms with Crippen LogP contribution in [0.5, 0.6) is 0 Å². The zero-order valence-corrected chi connectivity index (χ0v) is 18.5. The van der Waals surface area contributed by atoms with Crippen molar-refractivity contribution in [1.82, 2.24) is 14.8 Å². The normalized spacial score (nSPS) is 15.4. The summed E-state index contributed by atoms with van der Waals surface area (Å²) in [6.45, 7) is 4.68. The lowest BCUT2D eigenvalue weighted by Gasteiger charge is -2.34. The highest BCUT2D eigenvalue weighted by Crippen LogP contribution is 2.32. The molecule has 1 fully saturated rings. The highest BCUT2D eigenvalue weighted by atomic mass is 19.4. The molecule has 3 aromatic rings. The van der Waals surface area contributed by atoms with Crippen LogP contribution in [-0.4, -0.2) is 46.9 Å². The Kier molecular flexibility index (Phi) is 6.99. The lowest BCUT2D eigenvalue weighted by atomic mass is 10.1. The van der Waals surface area contributed by atoms with E-state index in [4.69, 9.17) is 4.42 Å². The van der Waals surface area contributed by atoms with E-state index in [2.05, 4.69) is 15.2 Å². The first kappa shape index (κ1) is 23.9. The maximum absolute atomic E-state index is 13.7. The van der Waals surface area contributed by atoms with Crippen LogP contribution in [0.25, 0.3) is 0 Å². The average Bonchev–Trinajstić information content (AvgIpc) is 3.26. The minimum atomic E-state index is -4.37. The van der Waals surface area contributed by atoms with Crippen LogP contribution in [-0.2, 0) is 19.3 Å². The number of aryl methyl sites for hydroxylation is 1. The van der Waals surface area contributed by atoms with E-state index in [9.17, 15) is 22.4 Å². The Bertz CT molecular complexity index is 1150. The summed E-state index contributed by atoms with van der Waals surface area (Å²) in [7, 11) is 0. The number of amides is 1. The van der Waals surface area contributed by atoms with Crippen LogP contribution in [0.3, 0.4) is 0 Å². The first-order valence-corrected chi connectivity index (χ1v) is 10.8. The van der Waals surface area contributed by atoms with Crippen molar-refractivity contribution in [1.29, 1.82) is 0 Å². The number of aromatic nitrogens is 1. The molecule has 1 aliphatic rings. The quantitative estimate of drug-likeness (QED) is 0.522. The minimum absolute atomic E-state index is 0.0818. The topological polar surface area (TPSA) is 61.6 Å². The fourth-order valence-corrected chi connectivity index (χ4v) is 3.83. The van der Waals surface area contributed by atoms with E-state index in [1.54, 1.807) is 25.1 Å². The van der Waals surface area contributed by atoms with Crippen molar-refractivity contribution < 1.29 is 26.8 Å². The molecule has 2 aromatic carbocycles. The van der Waals surface area contributed by atoms with E-state index < -0.39 is 23.5 Å². The molecule has 0 spiro atoms. The highest BCUT2D eigenvalue weighted by Gasteiger charge is 2.33. The van der Waals surface area contributed by atoms with E-state index >= 15 is 0 Å². The number of halogens is 4. The molecule has 0 unspecified atom stereocenters. The van der Waals surface area contributed by atoms with E-state index in [0.717, 1.165) is 6.07 Å². The van der Waals surface area contributed by atoms with Gasteiger partial charge >= 0.3 is 6.18 Å². The Labute approximate surface area is 194 Å². The Morgan fingerprint density at radius 2 is 1.74 bits per heavy atom. The molecule has 6 nitrogen and oxygen atoms in total. The molecular weight excluding hydrogens is 452 g/mol. The number of carbonyl (C=O) groups is 1. The smallest absolute Gasteiger partial charge is 0.416 e. The van der Waals surface area contributed by atoms with Crippen molar-refractivity contribution in [3.63, 3.8) is 0 Å². The van der Waals surface area contributed by atoms with Gasteiger partial charge in [0.1, 0.15) is 12.1 Å². The van der Waals surface area contributed by atoms with Gasteiger partial charge in [-0.15, -0.1) is 0 Å². The van der Waals surface area contributed by atoms with Crippen LogP contribution in [0.4, 0.5) is 23.2 Å².